The van der Waals surface area contributed by atoms with Gasteiger partial charge in [0, 0.05) is 0 Å². The molecule has 0 aliphatic rings. The first-order chi connectivity index (χ1) is 10.7. The number of anilines is 1. The number of nitrogens with zero attached hydrogens (tertiary/aromatic N) is 3. The molecule has 0 saturated carbocycles. The number of carbonyl (C=O) groups is 1. The molecule has 0 aliphatic carbocycles. The number of aromatic carboxylic acids is 1. The summed E-state index contributed by atoms with van der Waals surface area (Å²) in [4.78, 5) is 17.9. The number of carboxylic acid groups (broad SMARTS) is 1. The first-order valence-electron chi connectivity index (χ1n) is 5.84. The minimum Gasteiger partial charge on any atom is -0.476 e. The monoisotopic (exact) mass is 357 g/mol. The molecule has 122 valence electrons. The highest BCUT2D eigenvalue weighted by atomic mass is 32.2. The standard InChI is InChI=1S/C11H11N5O5S2/c12-11(13)15-6-1-3-7(4-2-6)23(20,21)16(19)9-8(10(17)18)14-5-22-9/h1-5,19H,(H,17,18)(H4,12,13,15). The highest BCUT2D eigenvalue weighted by Gasteiger charge is 2.29. The average Bonchev–Trinajstić information content (AvgIpc) is 2.95. The van der Waals surface area contributed by atoms with E-state index in [0.717, 1.165) is 5.51 Å². The topological polar surface area (TPSA) is 172 Å². The first-order valence-corrected chi connectivity index (χ1v) is 8.16. The molecule has 0 radical (unpaired) electrons. The fourth-order valence-electron chi connectivity index (χ4n) is 1.57. The summed E-state index contributed by atoms with van der Waals surface area (Å²) in [6, 6.07) is 4.99. The summed E-state index contributed by atoms with van der Waals surface area (Å²) in [5.74, 6) is -1.65. The number of thiazole rings is 1. The number of guanidine groups is 1. The third-order valence-corrected chi connectivity index (χ3v) is 4.97. The molecule has 0 aliphatic heterocycles. The van der Waals surface area contributed by atoms with E-state index in [0.29, 0.717) is 17.0 Å². The second kappa shape index (κ2) is 6.20. The van der Waals surface area contributed by atoms with E-state index in [1.807, 2.05) is 0 Å². The normalized spacial score (nSPS) is 11.0. The summed E-state index contributed by atoms with van der Waals surface area (Å²) in [5, 5.41) is 18.4. The number of benzene rings is 1. The van der Waals surface area contributed by atoms with Gasteiger partial charge >= 0.3 is 5.97 Å². The van der Waals surface area contributed by atoms with Gasteiger partial charge < -0.3 is 16.6 Å². The zero-order valence-electron chi connectivity index (χ0n) is 11.3. The van der Waals surface area contributed by atoms with Crippen molar-refractivity contribution in [1.29, 1.82) is 0 Å². The van der Waals surface area contributed by atoms with Gasteiger partial charge in [0.15, 0.2) is 16.7 Å². The van der Waals surface area contributed by atoms with Gasteiger partial charge in [-0.25, -0.2) is 14.8 Å². The lowest BCUT2D eigenvalue weighted by Crippen LogP contribution is -2.28. The quantitative estimate of drug-likeness (QED) is 0.336. The van der Waals surface area contributed by atoms with Gasteiger partial charge in [0.1, 0.15) is 0 Å². The van der Waals surface area contributed by atoms with E-state index in [1.165, 1.54) is 24.3 Å². The fraction of sp³-hybridized carbons (Fsp3) is 0. The summed E-state index contributed by atoms with van der Waals surface area (Å²) in [7, 11) is -4.38. The number of hydrogen-bond acceptors (Lipinski definition) is 7. The van der Waals surface area contributed by atoms with E-state index in [1.54, 1.807) is 0 Å². The lowest BCUT2D eigenvalue weighted by atomic mass is 10.3. The van der Waals surface area contributed by atoms with Crippen molar-refractivity contribution in [2.75, 3.05) is 4.47 Å². The van der Waals surface area contributed by atoms with Crippen molar-refractivity contribution < 1.29 is 23.5 Å². The Kier molecular flexibility index (Phi) is 4.49. The smallest absolute Gasteiger partial charge is 0.357 e. The molecular weight excluding hydrogens is 346 g/mol. The maximum atomic E-state index is 12.3. The molecular formula is C11H11N5O5S2. The molecule has 0 amide bonds. The van der Waals surface area contributed by atoms with Crippen molar-refractivity contribution in [3.63, 3.8) is 0 Å². The average molecular weight is 357 g/mol. The second-order valence-electron chi connectivity index (χ2n) is 4.09. The molecule has 0 fully saturated rings. The predicted octanol–water partition coefficient (Wildman–Crippen LogP) is 0.331. The van der Waals surface area contributed by atoms with E-state index in [9.17, 15) is 18.4 Å². The predicted molar refractivity (Wildman–Crippen MR) is 82.4 cm³/mol. The van der Waals surface area contributed by atoms with Crippen LogP contribution >= 0.6 is 11.3 Å². The Morgan fingerprint density at radius 3 is 2.39 bits per heavy atom. The maximum absolute atomic E-state index is 12.3. The molecule has 23 heavy (non-hydrogen) atoms. The Balaban J connectivity index is 2.39. The maximum Gasteiger partial charge on any atom is 0.357 e. The number of aliphatic imine (C=N–C) groups is 1. The van der Waals surface area contributed by atoms with Gasteiger partial charge in [0.25, 0.3) is 10.0 Å². The SMILES string of the molecule is NC(N)=Nc1ccc(S(=O)(=O)N(O)c2scnc2C(=O)O)cc1. The highest BCUT2D eigenvalue weighted by Crippen LogP contribution is 2.29. The van der Waals surface area contributed by atoms with Crippen molar-refractivity contribution in [1.82, 2.24) is 4.98 Å². The molecule has 1 aromatic heterocycles. The molecule has 12 heteroatoms. The van der Waals surface area contributed by atoms with Crippen LogP contribution in [0.25, 0.3) is 0 Å². The highest BCUT2D eigenvalue weighted by molar-refractivity contribution is 7.92. The van der Waals surface area contributed by atoms with Gasteiger partial charge in [-0.2, -0.15) is 8.42 Å². The van der Waals surface area contributed by atoms with E-state index in [2.05, 4.69) is 9.98 Å². The summed E-state index contributed by atoms with van der Waals surface area (Å²) in [6.45, 7) is 0. The number of aromatic nitrogens is 1. The number of nitrogens with two attached hydrogens (primary N) is 2. The van der Waals surface area contributed by atoms with Crippen molar-refractivity contribution in [3.05, 3.63) is 35.5 Å². The molecule has 1 heterocycles. The first kappa shape index (κ1) is 16.7. The van der Waals surface area contributed by atoms with Crippen molar-refractivity contribution in [3.8, 4) is 0 Å². The van der Waals surface area contributed by atoms with Crippen LogP contribution in [-0.2, 0) is 10.0 Å². The van der Waals surface area contributed by atoms with Crippen molar-refractivity contribution >= 4 is 44.0 Å². The molecule has 10 nitrogen and oxygen atoms in total. The van der Waals surface area contributed by atoms with Crippen LogP contribution in [0.3, 0.4) is 0 Å². The minimum absolute atomic E-state index is 0.121. The van der Waals surface area contributed by atoms with Crippen LogP contribution in [0.5, 0.6) is 0 Å². The number of sulfonamides is 1. The molecule has 2 aromatic rings. The molecule has 2 rings (SSSR count). The van der Waals surface area contributed by atoms with Crippen LogP contribution in [0.4, 0.5) is 10.7 Å². The van der Waals surface area contributed by atoms with Gasteiger partial charge in [0.05, 0.1) is 16.1 Å². The third-order valence-electron chi connectivity index (χ3n) is 2.55. The molecule has 1 aromatic carbocycles. The summed E-state index contributed by atoms with van der Waals surface area (Å²) >= 11 is 0.669. The van der Waals surface area contributed by atoms with Crippen LogP contribution in [-0.4, -0.2) is 35.6 Å². The van der Waals surface area contributed by atoms with Gasteiger partial charge in [-0.1, -0.05) is 0 Å². The number of hydrogen-bond donors (Lipinski definition) is 4. The molecule has 0 spiro atoms. The number of carboxylic acids is 1. The Morgan fingerprint density at radius 1 is 1.26 bits per heavy atom. The second-order valence-corrected chi connectivity index (χ2v) is 6.69. The third kappa shape index (κ3) is 3.39. The summed E-state index contributed by atoms with van der Waals surface area (Å²) in [5.41, 5.74) is 11.3. The van der Waals surface area contributed by atoms with Crippen molar-refractivity contribution in [2.24, 2.45) is 16.5 Å². The van der Waals surface area contributed by atoms with Crippen LogP contribution in [0.15, 0.2) is 39.7 Å². The minimum atomic E-state index is -4.38. The Bertz CT molecular complexity index is 855. The Hall–Kier alpha value is -2.70. The van der Waals surface area contributed by atoms with Crippen LogP contribution in [0, 0.1) is 0 Å². The molecule has 0 bridgehead atoms. The fourth-order valence-corrected chi connectivity index (χ4v) is 3.58. The van der Waals surface area contributed by atoms with Crippen molar-refractivity contribution in [2.45, 2.75) is 4.90 Å². The van der Waals surface area contributed by atoms with E-state index < -0.39 is 26.7 Å². The van der Waals surface area contributed by atoms with E-state index in [-0.39, 0.29) is 15.3 Å². The van der Waals surface area contributed by atoms with Crippen LogP contribution in [0.2, 0.25) is 0 Å². The Morgan fingerprint density at radius 2 is 1.87 bits per heavy atom. The zero-order chi connectivity index (χ0) is 17.2. The molecule has 0 saturated heterocycles. The lowest BCUT2D eigenvalue weighted by Gasteiger charge is -2.15. The van der Waals surface area contributed by atoms with Crippen LogP contribution in [0.1, 0.15) is 10.5 Å². The number of rotatable bonds is 5. The summed E-state index contributed by atoms with van der Waals surface area (Å²) in [6.07, 6.45) is 0. The zero-order valence-corrected chi connectivity index (χ0v) is 13.0. The van der Waals surface area contributed by atoms with Gasteiger partial charge in [0.2, 0.25) is 0 Å². The Labute approximate surface area is 134 Å². The largest absolute Gasteiger partial charge is 0.476 e. The lowest BCUT2D eigenvalue weighted by molar-refractivity contribution is 0.0691. The van der Waals surface area contributed by atoms with Gasteiger partial charge in [-0.3, -0.25) is 5.21 Å². The van der Waals surface area contributed by atoms with Gasteiger partial charge in [-0.05, 0) is 24.3 Å². The van der Waals surface area contributed by atoms with E-state index in [4.69, 9.17) is 16.6 Å². The summed E-state index contributed by atoms with van der Waals surface area (Å²) < 4.78 is 24.5. The van der Waals surface area contributed by atoms with Crippen LogP contribution < -0.4 is 15.9 Å². The molecule has 0 atom stereocenters. The molecule has 6 N–H and O–H groups in total. The van der Waals surface area contributed by atoms with E-state index >= 15 is 0 Å². The van der Waals surface area contributed by atoms with Gasteiger partial charge in [-0.15, -0.1) is 15.8 Å². The molecule has 0 unspecified atom stereocenters.